The fourth-order valence-corrected chi connectivity index (χ4v) is 3.00. The van der Waals surface area contributed by atoms with Crippen LogP contribution in [0.3, 0.4) is 0 Å². The first-order chi connectivity index (χ1) is 7.81. The van der Waals surface area contributed by atoms with Crippen molar-refractivity contribution < 1.29 is 9.53 Å². The van der Waals surface area contributed by atoms with E-state index in [0.29, 0.717) is 17.6 Å². The standard InChI is InChI=1S/C13H23NO2/c14-9-10-1-3-11(4-2-10)13(15)12-5-7-16-8-6-12/h10-12H,1-9,14H2. The SMILES string of the molecule is NCC1CCC(C(=O)C2CCOCC2)CC1. The van der Waals surface area contributed by atoms with Crippen LogP contribution in [0.2, 0.25) is 0 Å². The van der Waals surface area contributed by atoms with Gasteiger partial charge in [-0.25, -0.2) is 0 Å². The summed E-state index contributed by atoms with van der Waals surface area (Å²) >= 11 is 0. The van der Waals surface area contributed by atoms with Gasteiger partial charge in [0.05, 0.1) is 0 Å². The minimum absolute atomic E-state index is 0.285. The number of ketones is 1. The van der Waals surface area contributed by atoms with Crippen molar-refractivity contribution in [3.63, 3.8) is 0 Å². The van der Waals surface area contributed by atoms with Crippen molar-refractivity contribution in [1.82, 2.24) is 0 Å². The Kier molecular flexibility index (Phi) is 4.36. The fraction of sp³-hybridized carbons (Fsp3) is 0.923. The van der Waals surface area contributed by atoms with Gasteiger partial charge in [-0.2, -0.15) is 0 Å². The average molecular weight is 225 g/mol. The highest BCUT2D eigenvalue weighted by molar-refractivity contribution is 5.83. The summed E-state index contributed by atoms with van der Waals surface area (Å²) in [4.78, 5) is 12.3. The molecule has 3 heteroatoms. The topological polar surface area (TPSA) is 52.3 Å². The summed E-state index contributed by atoms with van der Waals surface area (Å²) in [6.45, 7) is 2.33. The third-order valence-electron chi connectivity index (χ3n) is 4.21. The first kappa shape index (κ1) is 12.1. The Bertz CT molecular complexity index is 228. The molecule has 0 aromatic heterocycles. The summed E-state index contributed by atoms with van der Waals surface area (Å²) in [5, 5.41) is 0. The summed E-state index contributed by atoms with van der Waals surface area (Å²) < 4.78 is 5.30. The van der Waals surface area contributed by atoms with Crippen molar-refractivity contribution in [2.75, 3.05) is 19.8 Å². The van der Waals surface area contributed by atoms with Crippen LogP contribution < -0.4 is 5.73 Å². The number of rotatable bonds is 3. The van der Waals surface area contributed by atoms with Crippen LogP contribution in [0.5, 0.6) is 0 Å². The molecule has 92 valence electrons. The van der Waals surface area contributed by atoms with E-state index >= 15 is 0 Å². The van der Waals surface area contributed by atoms with Crippen molar-refractivity contribution >= 4 is 5.78 Å². The molecule has 0 atom stereocenters. The third kappa shape index (κ3) is 2.83. The molecule has 0 unspecified atom stereocenters. The quantitative estimate of drug-likeness (QED) is 0.796. The molecule has 0 bridgehead atoms. The first-order valence-corrected chi connectivity index (χ1v) is 6.62. The number of carbonyl (C=O) groups is 1. The first-order valence-electron chi connectivity index (χ1n) is 6.62. The molecule has 1 aliphatic carbocycles. The van der Waals surface area contributed by atoms with Gasteiger partial charge in [0, 0.05) is 25.0 Å². The molecule has 2 N–H and O–H groups in total. The van der Waals surface area contributed by atoms with Crippen molar-refractivity contribution in [2.45, 2.75) is 38.5 Å². The largest absolute Gasteiger partial charge is 0.381 e. The zero-order valence-corrected chi connectivity index (χ0v) is 9.99. The Morgan fingerprint density at radius 3 is 2.12 bits per heavy atom. The Labute approximate surface area is 97.7 Å². The highest BCUT2D eigenvalue weighted by Gasteiger charge is 2.31. The van der Waals surface area contributed by atoms with Gasteiger partial charge in [0.2, 0.25) is 0 Å². The Morgan fingerprint density at radius 2 is 1.56 bits per heavy atom. The van der Waals surface area contributed by atoms with Crippen LogP contribution >= 0.6 is 0 Å². The number of Topliss-reactive ketones (excluding diaryl/α,β-unsaturated/α-hetero) is 1. The van der Waals surface area contributed by atoms with Gasteiger partial charge >= 0.3 is 0 Å². The van der Waals surface area contributed by atoms with E-state index in [2.05, 4.69) is 0 Å². The molecule has 2 fully saturated rings. The summed E-state index contributed by atoms with van der Waals surface area (Å²) in [5.74, 6) is 1.79. The zero-order chi connectivity index (χ0) is 11.4. The van der Waals surface area contributed by atoms with E-state index in [1.54, 1.807) is 0 Å². The maximum Gasteiger partial charge on any atom is 0.139 e. The highest BCUT2D eigenvalue weighted by Crippen LogP contribution is 2.32. The van der Waals surface area contributed by atoms with Crippen LogP contribution in [-0.2, 0) is 9.53 Å². The minimum atomic E-state index is 0.285. The molecule has 0 spiro atoms. The van der Waals surface area contributed by atoms with Gasteiger partial charge in [-0.15, -0.1) is 0 Å². The van der Waals surface area contributed by atoms with Crippen LogP contribution in [0.15, 0.2) is 0 Å². The second-order valence-corrected chi connectivity index (χ2v) is 5.24. The monoisotopic (exact) mass is 225 g/mol. The molecule has 3 nitrogen and oxygen atoms in total. The van der Waals surface area contributed by atoms with Gasteiger partial charge in [0.25, 0.3) is 0 Å². The van der Waals surface area contributed by atoms with Crippen molar-refractivity contribution in [2.24, 2.45) is 23.5 Å². The lowest BCUT2D eigenvalue weighted by atomic mass is 9.76. The molecular weight excluding hydrogens is 202 g/mol. The van der Waals surface area contributed by atoms with E-state index < -0.39 is 0 Å². The normalized spacial score (nSPS) is 32.6. The van der Waals surface area contributed by atoms with Gasteiger partial charge in [0.15, 0.2) is 0 Å². The maximum atomic E-state index is 12.3. The van der Waals surface area contributed by atoms with Crippen molar-refractivity contribution in [3.8, 4) is 0 Å². The molecule has 1 saturated heterocycles. The molecule has 2 rings (SSSR count). The number of hydrogen-bond donors (Lipinski definition) is 1. The van der Waals surface area contributed by atoms with Gasteiger partial charge in [-0.3, -0.25) is 4.79 Å². The molecule has 0 aromatic carbocycles. The molecule has 0 radical (unpaired) electrons. The van der Waals surface area contributed by atoms with E-state index in [4.69, 9.17) is 10.5 Å². The molecule has 0 amide bonds. The number of carbonyl (C=O) groups excluding carboxylic acids is 1. The van der Waals surface area contributed by atoms with Gasteiger partial charge < -0.3 is 10.5 Å². The Morgan fingerprint density at radius 1 is 1.00 bits per heavy atom. The van der Waals surface area contributed by atoms with E-state index in [1.807, 2.05) is 0 Å². The van der Waals surface area contributed by atoms with Gasteiger partial charge in [-0.05, 0) is 51.0 Å². The molecule has 0 aromatic rings. The van der Waals surface area contributed by atoms with Gasteiger partial charge in [-0.1, -0.05) is 0 Å². The summed E-state index contributed by atoms with van der Waals surface area (Å²) in [5.41, 5.74) is 5.67. The summed E-state index contributed by atoms with van der Waals surface area (Å²) in [7, 11) is 0. The average Bonchev–Trinajstić information content (AvgIpc) is 2.39. The number of hydrogen-bond acceptors (Lipinski definition) is 3. The number of nitrogens with two attached hydrogens (primary N) is 1. The predicted octanol–water partition coefficient (Wildman–Crippen LogP) is 1.75. The zero-order valence-electron chi connectivity index (χ0n) is 9.99. The van der Waals surface area contributed by atoms with E-state index in [9.17, 15) is 4.79 Å². The molecule has 1 heterocycles. The lowest BCUT2D eigenvalue weighted by Crippen LogP contribution is -2.32. The number of ether oxygens (including phenoxy) is 1. The molecule has 1 saturated carbocycles. The van der Waals surface area contributed by atoms with Crippen molar-refractivity contribution in [1.29, 1.82) is 0 Å². The minimum Gasteiger partial charge on any atom is -0.381 e. The van der Waals surface area contributed by atoms with E-state index in [1.165, 1.54) is 0 Å². The van der Waals surface area contributed by atoms with Gasteiger partial charge in [0.1, 0.15) is 5.78 Å². The second-order valence-electron chi connectivity index (χ2n) is 5.24. The van der Waals surface area contributed by atoms with Crippen LogP contribution in [0.1, 0.15) is 38.5 Å². The molecule has 1 aliphatic heterocycles. The van der Waals surface area contributed by atoms with Crippen LogP contribution in [0.25, 0.3) is 0 Å². The lowest BCUT2D eigenvalue weighted by Gasteiger charge is -2.30. The fourth-order valence-electron chi connectivity index (χ4n) is 3.00. The highest BCUT2D eigenvalue weighted by atomic mass is 16.5. The maximum absolute atomic E-state index is 12.3. The molecule has 16 heavy (non-hydrogen) atoms. The van der Waals surface area contributed by atoms with E-state index in [-0.39, 0.29) is 5.92 Å². The van der Waals surface area contributed by atoms with Crippen molar-refractivity contribution in [3.05, 3.63) is 0 Å². The smallest absolute Gasteiger partial charge is 0.139 e. The van der Waals surface area contributed by atoms with Crippen LogP contribution in [0.4, 0.5) is 0 Å². The Hall–Kier alpha value is -0.410. The lowest BCUT2D eigenvalue weighted by molar-refractivity contribution is -0.130. The third-order valence-corrected chi connectivity index (χ3v) is 4.21. The van der Waals surface area contributed by atoms with Crippen LogP contribution in [-0.4, -0.2) is 25.5 Å². The molecular formula is C13H23NO2. The van der Waals surface area contributed by atoms with E-state index in [0.717, 1.165) is 58.3 Å². The predicted molar refractivity (Wildman–Crippen MR) is 63.1 cm³/mol. The second kappa shape index (κ2) is 5.78. The van der Waals surface area contributed by atoms with Crippen LogP contribution in [0, 0.1) is 17.8 Å². The summed E-state index contributed by atoms with van der Waals surface area (Å²) in [6.07, 6.45) is 6.31. The molecule has 2 aliphatic rings. The Balaban J connectivity index is 1.81. The summed E-state index contributed by atoms with van der Waals surface area (Å²) in [6, 6.07) is 0.